The van der Waals surface area contributed by atoms with Crippen molar-refractivity contribution in [3.63, 3.8) is 0 Å². The van der Waals surface area contributed by atoms with E-state index in [1.807, 2.05) is 0 Å². The summed E-state index contributed by atoms with van der Waals surface area (Å²) >= 11 is 0. The van der Waals surface area contributed by atoms with Gasteiger partial charge in [-0.15, -0.1) is 0 Å². The van der Waals surface area contributed by atoms with Gasteiger partial charge in [0.05, 0.1) is 0 Å². The third-order valence-electron chi connectivity index (χ3n) is 13.5. The first-order chi connectivity index (χ1) is 32.7. The second kappa shape index (κ2) is 18.5. The van der Waals surface area contributed by atoms with Gasteiger partial charge in [-0.3, -0.25) is 0 Å². The lowest BCUT2D eigenvalue weighted by Crippen LogP contribution is -2.24. The SMILES string of the molecule is Cc1cc(N(C2=CCC(C)(c3ccccc3)C=C2)c2ccc(-c3ccccc3)cc2)cc(C)c1-c1c(C)cc(N(c2ccc(-c3ccccc3)cc2)c2ccc(-c3ccccc3)cc2)cc1C. The molecule has 0 heterocycles. The monoisotopic (exact) mass is 864 g/mol. The van der Waals surface area contributed by atoms with Crippen molar-refractivity contribution in [1.29, 1.82) is 0 Å². The summed E-state index contributed by atoms with van der Waals surface area (Å²) in [5.41, 5.74) is 22.9. The van der Waals surface area contributed by atoms with Gasteiger partial charge < -0.3 is 9.80 Å². The van der Waals surface area contributed by atoms with Crippen molar-refractivity contribution in [1.82, 2.24) is 0 Å². The van der Waals surface area contributed by atoms with Gasteiger partial charge in [0.15, 0.2) is 0 Å². The molecule has 0 spiro atoms. The molecular weight excluding hydrogens is 809 g/mol. The first-order valence-electron chi connectivity index (χ1n) is 23.5. The van der Waals surface area contributed by atoms with E-state index in [1.165, 1.54) is 78.0 Å². The van der Waals surface area contributed by atoms with Crippen LogP contribution in [0.25, 0.3) is 44.5 Å². The number of rotatable bonds is 11. The number of hydrogen-bond acceptors (Lipinski definition) is 2. The summed E-state index contributed by atoms with van der Waals surface area (Å²) in [7, 11) is 0. The molecule has 67 heavy (non-hydrogen) atoms. The molecule has 1 aliphatic rings. The lowest BCUT2D eigenvalue weighted by atomic mass is 9.77. The molecule has 2 nitrogen and oxygen atoms in total. The molecule has 0 aliphatic heterocycles. The zero-order valence-electron chi connectivity index (χ0n) is 39.1. The zero-order chi connectivity index (χ0) is 45.9. The smallest absolute Gasteiger partial charge is 0.0467 e. The number of aryl methyl sites for hydroxylation is 4. The molecule has 0 N–H and O–H groups in total. The van der Waals surface area contributed by atoms with Crippen LogP contribution in [-0.2, 0) is 5.41 Å². The van der Waals surface area contributed by atoms with Gasteiger partial charge in [0, 0.05) is 39.5 Å². The van der Waals surface area contributed by atoms with Gasteiger partial charge in [0.2, 0.25) is 0 Å². The molecule has 326 valence electrons. The van der Waals surface area contributed by atoms with Crippen LogP contribution in [0.3, 0.4) is 0 Å². The molecule has 9 aromatic rings. The molecule has 0 saturated carbocycles. The maximum atomic E-state index is 2.44. The summed E-state index contributed by atoms with van der Waals surface area (Å²) in [6.07, 6.45) is 8.04. The third kappa shape index (κ3) is 8.79. The maximum absolute atomic E-state index is 2.44. The average molecular weight is 865 g/mol. The Hall–Kier alpha value is -7.94. The molecule has 2 heteroatoms. The van der Waals surface area contributed by atoms with E-state index in [4.69, 9.17) is 0 Å². The number of hydrogen-bond donors (Lipinski definition) is 0. The highest BCUT2D eigenvalue weighted by atomic mass is 15.2. The van der Waals surface area contributed by atoms with Gasteiger partial charge in [0.1, 0.15) is 0 Å². The Morgan fingerprint density at radius 1 is 0.343 bits per heavy atom. The molecule has 0 bridgehead atoms. The maximum Gasteiger partial charge on any atom is 0.0467 e. The molecule has 9 aromatic carbocycles. The van der Waals surface area contributed by atoms with E-state index in [0.717, 1.165) is 34.9 Å². The zero-order valence-corrected chi connectivity index (χ0v) is 39.1. The first kappa shape index (κ1) is 43.0. The predicted octanol–water partition coefficient (Wildman–Crippen LogP) is 18.0. The van der Waals surface area contributed by atoms with Crippen molar-refractivity contribution in [2.45, 2.75) is 46.5 Å². The molecule has 0 radical (unpaired) electrons. The summed E-state index contributed by atoms with van der Waals surface area (Å²) in [5.74, 6) is 0. The minimum absolute atomic E-state index is 0.0721. The fourth-order valence-electron chi connectivity index (χ4n) is 10.0. The van der Waals surface area contributed by atoms with Gasteiger partial charge in [-0.25, -0.2) is 0 Å². The van der Waals surface area contributed by atoms with Gasteiger partial charge in [-0.1, -0.05) is 177 Å². The second-order valence-corrected chi connectivity index (χ2v) is 18.3. The molecule has 0 aromatic heterocycles. The number of allylic oxidation sites excluding steroid dienone is 3. The fourth-order valence-corrected chi connectivity index (χ4v) is 10.0. The summed E-state index contributed by atoms with van der Waals surface area (Å²) in [6, 6.07) is 79.2. The highest BCUT2D eigenvalue weighted by molar-refractivity contribution is 5.86. The standard InChI is InChI=1S/C65H56N2/c1-46-42-61(66(57-32-26-53(27-33-57)50-18-10-6-11-19-50)58-34-28-54(29-35-58)51-20-12-7-13-21-51)43-47(2)63(46)64-48(3)44-62(45-49(64)4)67(59-36-30-55(31-37-59)52-22-14-8-15-23-52)60-38-40-65(5,41-39-60)56-24-16-9-17-25-56/h6-40,42-45H,41H2,1-5H3. The molecule has 0 saturated heterocycles. The van der Waals surface area contributed by atoms with Crippen molar-refractivity contribution in [3.8, 4) is 44.5 Å². The summed E-state index contributed by atoms with van der Waals surface area (Å²) in [5, 5.41) is 0. The molecule has 1 atom stereocenters. The van der Waals surface area contributed by atoms with Crippen molar-refractivity contribution in [2.24, 2.45) is 0 Å². The van der Waals surface area contributed by atoms with Crippen LogP contribution in [0.4, 0.5) is 28.4 Å². The van der Waals surface area contributed by atoms with E-state index in [1.54, 1.807) is 0 Å². The van der Waals surface area contributed by atoms with E-state index in [9.17, 15) is 0 Å². The van der Waals surface area contributed by atoms with Gasteiger partial charge >= 0.3 is 0 Å². The Labute approximate surface area is 397 Å². The van der Waals surface area contributed by atoms with Crippen LogP contribution in [0.2, 0.25) is 0 Å². The lowest BCUT2D eigenvalue weighted by Gasteiger charge is -2.34. The van der Waals surface area contributed by atoms with E-state index < -0.39 is 0 Å². The summed E-state index contributed by atoms with van der Waals surface area (Å²) in [4.78, 5) is 4.83. The number of nitrogens with zero attached hydrogens (tertiary/aromatic N) is 2. The quantitative estimate of drug-likeness (QED) is 0.128. The van der Waals surface area contributed by atoms with E-state index >= 15 is 0 Å². The van der Waals surface area contributed by atoms with E-state index in [-0.39, 0.29) is 5.41 Å². The largest absolute Gasteiger partial charge is 0.311 e. The van der Waals surface area contributed by atoms with Crippen molar-refractivity contribution >= 4 is 28.4 Å². The molecule has 10 rings (SSSR count). The van der Waals surface area contributed by atoms with Gasteiger partial charge in [-0.2, -0.15) is 0 Å². The normalized spacial score (nSPS) is 14.4. The Bertz CT molecular complexity index is 3080. The van der Waals surface area contributed by atoms with Crippen molar-refractivity contribution in [2.75, 3.05) is 9.80 Å². The first-order valence-corrected chi connectivity index (χ1v) is 23.5. The highest BCUT2D eigenvalue weighted by Gasteiger charge is 2.28. The van der Waals surface area contributed by atoms with Crippen LogP contribution < -0.4 is 9.80 Å². The molecule has 1 unspecified atom stereocenters. The minimum atomic E-state index is -0.0721. The van der Waals surface area contributed by atoms with Crippen LogP contribution in [0, 0.1) is 27.7 Å². The van der Waals surface area contributed by atoms with Gasteiger partial charge in [-0.05, 0) is 173 Å². The Balaban J connectivity index is 1.03. The van der Waals surface area contributed by atoms with Crippen LogP contribution in [0.15, 0.2) is 242 Å². The van der Waals surface area contributed by atoms with Crippen molar-refractivity contribution < 1.29 is 0 Å². The Kier molecular flexibility index (Phi) is 11.9. The topological polar surface area (TPSA) is 6.48 Å². The highest BCUT2D eigenvalue weighted by Crippen LogP contribution is 2.44. The Morgan fingerprint density at radius 2 is 0.657 bits per heavy atom. The van der Waals surface area contributed by atoms with E-state index in [0.29, 0.717) is 0 Å². The molecule has 0 amide bonds. The van der Waals surface area contributed by atoms with E-state index in [2.05, 4.69) is 281 Å². The molecule has 0 fully saturated rings. The van der Waals surface area contributed by atoms with Crippen LogP contribution in [0.1, 0.15) is 41.2 Å². The summed E-state index contributed by atoms with van der Waals surface area (Å²) < 4.78 is 0. The molecule has 1 aliphatic carbocycles. The van der Waals surface area contributed by atoms with Crippen LogP contribution >= 0.6 is 0 Å². The van der Waals surface area contributed by atoms with Crippen LogP contribution in [0.5, 0.6) is 0 Å². The fraction of sp³-hybridized carbons (Fsp3) is 0.108. The van der Waals surface area contributed by atoms with Crippen molar-refractivity contribution in [3.05, 3.63) is 270 Å². The van der Waals surface area contributed by atoms with Crippen LogP contribution in [-0.4, -0.2) is 0 Å². The summed E-state index contributed by atoms with van der Waals surface area (Å²) in [6.45, 7) is 11.4. The minimum Gasteiger partial charge on any atom is -0.311 e. The Morgan fingerprint density at radius 3 is 1.00 bits per heavy atom. The molecular formula is C65H56N2. The van der Waals surface area contributed by atoms with Gasteiger partial charge in [0.25, 0.3) is 0 Å². The predicted molar refractivity (Wildman–Crippen MR) is 286 cm³/mol. The number of benzene rings is 9. The third-order valence-corrected chi connectivity index (χ3v) is 13.5. The average Bonchev–Trinajstić information content (AvgIpc) is 3.37. The number of anilines is 5. The lowest BCUT2D eigenvalue weighted by molar-refractivity contribution is 0.595. The second-order valence-electron chi connectivity index (χ2n) is 18.3.